The van der Waals surface area contributed by atoms with E-state index >= 15 is 0 Å². The fourth-order valence-corrected chi connectivity index (χ4v) is 5.46. The molecule has 3 aromatic rings. The van der Waals surface area contributed by atoms with Crippen molar-refractivity contribution in [2.45, 2.75) is 45.4 Å². The van der Waals surface area contributed by atoms with Gasteiger partial charge in [0.2, 0.25) is 5.88 Å². The third-order valence-electron chi connectivity index (χ3n) is 7.65. The molecular weight excluding hydrogens is 518 g/mol. The monoisotopic (exact) mass is 553 g/mol. The largest absolute Gasteiger partial charge is 0.493 e. The molecule has 2 saturated heterocycles. The summed E-state index contributed by atoms with van der Waals surface area (Å²) < 4.78 is 23.3. The summed E-state index contributed by atoms with van der Waals surface area (Å²) in [5, 5.41) is 1.19. The Bertz CT molecular complexity index is 1300. The Balaban J connectivity index is 1.21. The van der Waals surface area contributed by atoms with Crippen molar-refractivity contribution in [3.8, 4) is 23.1 Å². The fourth-order valence-electron chi connectivity index (χ4n) is 5.22. The maximum atomic E-state index is 12.0. The van der Waals surface area contributed by atoms with Crippen LogP contribution in [0, 0.1) is 5.41 Å². The number of ketones is 1. The summed E-state index contributed by atoms with van der Waals surface area (Å²) >= 11 is 6.45. The van der Waals surface area contributed by atoms with Crippen LogP contribution in [0.2, 0.25) is 5.02 Å². The van der Waals surface area contributed by atoms with Crippen molar-refractivity contribution in [3.05, 3.63) is 47.2 Å². The number of ether oxygens (including phenoxy) is 4. The summed E-state index contributed by atoms with van der Waals surface area (Å²) in [4.78, 5) is 23.3. The van der Waals surface area contributed by atoms with E-state index in [2.05, 4.69) is 14.9 Å². The number of carbonyl (C=O) groups is 1. The molecule has 9 heteroatoms. The quantitative estimate of drug-likeness (QED) is 0.257. The van der Waals surface area contributed by atoms with Gasteiger partial charge in [-0.3, -0.25) is 4.79 Å². The number of Topliss-reactive ketones (excluding diaryl/α,β-unsaturated/α-hetero) is 1. The van der Waals surface area contributed by atoms with Crippen molar-refractivity contribution in [1.82, 2.24) is 14.9 Å². The van der Waals surface area contributed by atoms with Gasteiger partial charge in [0.25, 0.3) is 0 Å². The highest BCUT2D eigenvalue weighted by Gasteiger charge is 2.40. The van der Waals surface area contributed by atoms with Crippen molar-refractivity contribution < 1.29 is 23.7 Å². The second kappa shape index (κ2) is 12.5. The Morgan fingerprint density at radius 1 is 1.13 bits per heavy atom. The maximum Gasteiger partial charge on any atom is 0.230 e. The highest BCUT2D eigenvalue weighted by Crippen LogP contribution is 2.39. The van der Waals surface area contributed by atoms with Gasteiger partial charge in [-0.2, -0.15) is 0 Å². The highest BCUT2D eigenvalue weighted by atomic mass is 35.5. The second-order valence-corrected chi connectivity index (χ2v) is 11.0. The number of aromatic nitrogens is 2. The van der Waals surface area contributed by atoms with Crippen molar-refractivity contribution >= 4 is 28.3 Å². The molecule has 0 unspecified atom stereocenters. The topological polar surface area (TPSA) is 83.0 Å². The van der Waals surface area contributed by atoms with E-state index < -0.39 is 0 Å². The van der Waals surface area contributed by atoms with Crippen LogP contribution in [0.5, 0.6) is 23.1 Å². The minimum Gasteiger partial charge on any atom is -0.493 e. The molecule has 2 aliphatic rings. The molecule has 0 aliphatic carbocycles. The number of piperidine rings is 1. The average Bonchev–Trinajstić information content (AvgIpc) is 2.92. The van der Waals surface area contributed by atoms with Crippen molar-refractivity contribution in [2.24, 2.45) is 5.41 Å². The van der Waals surface area contributed by atoms with Crippen LogP contribution in [0.25, 0.3) is 10.9 Å². The predicted molar refractivity (Wildman–Crippen MR) is 150 cm³/mol. The first-order chi connectivity index (χ1) is 19.0. The Kier molecular flexibility index (Phi) is 8.85. The minimum absolute atomic E-state index is 0.170. The zero-order chi connectivity index (χ0) is 27.2. The number of fused-ring (bicyclic) bond motifs is 1. The Labute approximate surface area is 234 Å². The number of halogens is 1. The first-order valence-corrected chi connectivity index (χ1v) is 14.1. The van der Waals surface area contributed by atoms with Crippen LogP contribution >= 0.6 is 11.6 Å². The average molecular weight is 554 g/mol. The zero-order valence-corrected chi connectivity index (χ0v) is 23.5. The molecule has 0 saturated carbocycles. The molecule has 8 nitrogen and oxygen atoms in total. The van der Waals surface area contributed by atoms with E-state index in [0.29, 0.717) is 63.9 Å². The van der Waals surface area contributed by atoms with E-state index in [9.17, 15) is 4.79 Å². The van der Waals surface area contributed by atoms with E-state index in [0.717, 1.165) is 51.3 Å². The van der Waals surface area contributed by atoms with Crippen LogP contribution in [0.4, 0.5) is 0 Å². The van der Waals surface area contributed by atoms with E-state index in [1.807, 2.05) is 25.1 Å². The summed E-state index contributed by atoms with van der Waals surface area (Å²) in [5.41, 5.74) is 1.93. The second-order valence-electron chi connectivity index (χ2n) is 10.6. The molecule has 0 atom stereocenters. The lowest BCUT2D eigenvalue weighted by Gasteiger charge is -2.47. The standard InChI is InChI=1S/C30H36ClN3O5/c1-3-5-22(35)14-21-6-7-23(15-25(21)31)39-29-24-16-27(36-2)28(17-26(24)32-20-33-29)38-13-4-10-34-11-8-30(9-12-34)18-37-19-30/h6-7,15-17,20H,3-5,8-14,18-19H2,1-2H3. The predicted octanol–water partition coefficient (Wildman–Crippen LogP) is 5.88. The molecule has 2 fully saturated rings. The lowest BCUT2D eigenvalue weighted by atomic mass is 9.77. The summed E-state index contributed by atoms with van der Waals surface area (Å²) in [5.74, 6) is 2.32. The van der Waals surface area contributed by atoms with Crippen LogP contribution in [0.3, 0.4) is 0 Å². The lowest BCUT2D eigenvalue weighted by molar-refractivity contribution is -0.139. The molecule has 208 valence electrons. The van der Waals surface area contributed by atoms with Crippen molar-refractivity contribution in [3.63, 3.8) is 0 Å². The van der Waals surface area contributed by atoms with Gasteiger partial charge in [-0.25, -0.2) is 9.97 Å². The summed E-state index contributed by atoms with van der Waals surface area (Å²) in [6.45, 7) is 7.73. The van der Waals surface area contributed by atoms with Gasteiger partial charge in [-0.05, 0) is 62.5 Å². The minimum atomic E-state index is 0.170. The van der Waals surface area contributed by atoms with Gasteiger partial charge >= 0.3 is 0 Å². The Morgan fingerprint density at radius 2 is 1.95 bits per heavy atom. The van der Waals surface area contributed by atoms with E-state index in [1.165, 1.54) is 19.2 Å². The highest BCUT2D eigenvalue weighted by molar-refractivity contribution is 6.31. The van der Waals surface area contributed by atoms with Gasteiger partial charge in [0.1, 0.15) is 17.9 Å². The van der Waals surface area contributed by atoms with E-state index in [1.54, 1.807) is 19.2 Å². The Morgan fingerprint density at radius 3 is 2.64 bits per heavy atom. The van der Waals surface area contributed by atoms with Gasteiger partial charge < -0.3 is 23.8 Å². The lowest BCUT2D eigenvalue weighted by Crippen LogP contribution is -2.51. The third-order valence-corrected chi connectivity index (χ3v) is 8.00. The molecule has 1 spiro atoms. The number of hydrogen-bond acceptors (Lipinski definition) is 8. The van der Waals surface area contributed by atoms with Crippen molar-refractivity contribution in [2.75, 3.05) is 46.6 Å². The first kappa shape index (κ1) is 27.6. The smallest absolute Gasteiger partial charge is 0.230 e. The molecule has 2 aromatic carbocycles. The molecule has 0 radical (unpaired) electrons. The SMILES string of the molecule is CCCC(=O)Cc1ccc(Oc2ncnc3cc(OCCCN4CCC5(CC4)COC5)c(OC)cc23)cc1Cl. The van der Waals surface area contributed by atoms with Gasteiger partial charge in [0.15, 0.2) is 11.5 Å². The molecule has 0 bridgehead atoms. The number of benzene rings is 2. The molecule has 2 aliphatic heterocycles. The van der Waals surface area contributed by atoms with Gasteiger partial charge in [-0.15, -0.1) is 0 Å². The maximum absolute atomic E-state index is 12.0. The molecule has 0 amide bonds. The molecule has 1 aromatic heterocycles. The third kappa shape index (κ3) is 6.62. The molecule has 3 heterocycles. The number of methoxy groups -OCH3 is 1. The van der Waals surface area contributed by atoms with Gasteiger partial charge in [-0.1, -0.05) is 24.6 Å². The van der Waals surface area contributed by atoms with Crippen LogP contribution in [-0.2, 0) is 16.0 Å². The number of nitrogens with zero attached hydrogens (tertiary/aromatic N) is 3. The Hall–Kier alpha value is -2.94. The molecular formula is C30H36ClN3O5. The fraction of sp³-hybridized carbons (Fsp3) is 0.500. The van der Waals surface area contributed by atoms with E-state index in [4.69, 9.17) is 30.5 Å². The number of carbonyl (C=O) groups excluding carboxylic acids is 1. The number of likely N-dealkylation sites (tertiary alicyclic amines) is 1. The van der Waals surface area contributed by atoms with Gasteiger partial charge in [0, 0.05) is 35.9 Å². The van der Waals surface area contributed by atoms with Crippen LogP contribution in [0.1, 0.15) is 44.6 Å². The van der Waals surface area contributed by atoms with E-state index in [-0.39, 0.29) is 5.78 Å². The first-order valence-electron chi connectivity index (χ1n) is 13.7. The van der Waals surface area contributed by atoms with Crippen LogP contribution < -0.4 is 14.2 Å². The molecule has 5 rings (SSSR count). The number of hydrogen-bond donors (Lipinski definition) is 0. The summed E-state index contributed by atoms with van der Waals surface area (Å²) in [7, 11) is 1.62. The summed E-state index contributed by atoms with van der Waals surface area (Å²) in [6, 6.07) is 9.03. The normalized spacial score (nSPS) is 16.7. The number of rotatable bonds is 12. The van der Waals surface area contributed by atoms with Crippen LogP contribution in [-0.4, -0.2) is 67.2 Å². The molecule has 39 heavy (non-hydrogen) atoms. The van der Waals surface area contributed by atoms with Gasteiger partial charge in [0.05, 0.1) is 37.8 Å². The zero-order valence-electron chi connectivity index (χ0n) is 22.7. The van der Waals surface area contributed by atoms with Crippen LogP contribution in [0.15, 0.2) is 36.7 Å². The molecule has 0 N–H and O–H groups in total. The van der Waals surface area contributed by atoms with Crippen molar-refractivity contribution in [1.29, 1.82) is 0 Å². The summed E-state index contributed by atoms with van der Waals surface area (Å²) in [6.07, 6.45) is 6.54.